The summed E-state index contributed by atoms with van der Waals surface area (Å²) < 4.78 is 56.9. The predicted molar refractivity (Wildman–Crippen MR) is 67.3 cm³/mol. The molecule has 1 saturated heterocycles. The fraction of sp³-hybridized carbons (Fsp3) is 0.500. The van der Waals surface area contributed by atoms with Crippen LogP contribution in [0.3, 0.4) is 0 Å². The summed E-state index contributed by atoms with van der Waals surface area (Å²) in [6.07, 6.45) is -4.12. The molecule has 2 rings (SSSR count). The molecule has 0 saturated carbocycles. The average molecular weight is 305 g/mol. The van der Waals surface area contributed by atoms with Gasteiger partial charge in [-0.3, -0.25) is 4.79 Å². The van der Waals surface area contributed by atoms with Crippen LogP contribution in [0.4, 0.5) is 17.6 Å². The predicted octanol–water partition coefficient (Wildman–Crippen LogP) is 2.95. The van der Waals surface area contributed by atoms with Gasteiger partial charge >= 0.3 is 6.18 Å². The Bertz CT molecular complexity index is 530. The number of halogens is 4. The molecule has 1 amide bonds. The van der Waals surface area contributed by atoms with E-state index in [0.717, 1.165) is 12.1 Å². The number of methoxy groups -OCH3 is 1. The van der Waals surface area contributed by atoms with Crippen molar-refractivity contribution in [3.63, 3.8) is 0 Å². The van der Waals surface area contributed by atoms with Gasteiger partial charge in [-0.1, -0.05) is 6.07 Å². The van der Waals surface area contributed by atoms with E-state index in [1.165, 1.54) is 12.0 Å². The quantitative estimate of drug-likeness (QED) is 0.804. The summed E-state index contributed by atoms with van der Waals surface area (Å²) in [7, 11) is 1.54. The molecule has 7 heteroatoms. The summed E-state index contributed by atoms with van der Waals surface area (Å²) in [4.78, 5) is 13.5. The Labute approximate surface area is 119 Å². The highest BCUT2D eigenvalue weighted by molar-refractivity contribution is 5.95. The molecule has 1 fully saturated rings. The van der Waals surface area contributed by atoms with E-state index < -0.39 is 29.0 Å². The Kier molecular flexibility index (Phi) is 4.51. The van der Waals surface area contributed by atoms with Gasteiger partial charge in [0.1, 0.15) is 5.82 Å². The molecule has 3 nitrogen and oxygen atoms in total. The second-order valence-corrected chi connectivity index (χ2v) is 5.03. The van der Waals surface area contributed by atoms with Crippen molar-refractivity contribution in [1.82, 2.24) is 4.90 Å². The van der Waals surface area contributed by atoms with Crippen LogP contribution in [0.15, 0.2) is 18.2 Å². The first-order chi connectivity index (χ1) is 9.84. The second kappa shape index (κ2) is 6.01. The Morgan fingerprint density at radius 1 is 1.43 bits per heavy atom. The summed E-state index contributed by atoms with van der Waals surface area (Å²) in [5, 5.41) is 0. The summed E-state index contributed by atoms with van der Waals surface area (Å²) in [6.45, 7) is 1.22. The summed E-state index contributed by atoms with van der Waals surface area (Å²) >= 11 is 0. The Morgan fingerprint density at radius 2 is 2.14 bits per heavy atom. The van der Waals surface area contributed by atoms with Crippen molar-refractivity contribution >= 4 is 5.91 Å². The van der Waals surface area contributed by atoms with E-state index in [0.29, 0.717) is 32.2 Å². The molecule has 1 atom stereocenters. The molecular weight excluding hydrogens is 290 g/mol. The van der Waals surface area contributed by atoms with Crippen molar-refractivity contribution in [2.45, 2.75) is 12.6 Å². The number of hydrogen-bond donors (Lipinski definition) is 0. The number of carbonyl (C=O) groups is 1. The molecule has 21 heavy (non-hydrogen) atoms. The molecule has 116 valence electrons. The van der Waals surface area contributed by atoms with Crippen LogP contribution in [0, 0.1) is 11.7 Å². The zero-order chi connectivity index (χ0) is 15.6. The smallest absolute Gasteiger partial charge is 0.384 e. The summed E-state index contributed by atoms with van der Waals surface area (Å²) in [5.41, 5.74) is -1.95. The first-order valence-electron chi connectivity index (χ1n) is 6.48. The Morgan fingerprint density at radius 3 is 2.76 bits per heavy atom. The fourth-order valence-corrected chi connectivity index (χ4v) is 2.48. The molecule has 1 aliphatic heterocycles. The molecule has 1 aromatic carbocycles. The van der Waals surface area contributed by atoms with Crippen LogP contribution >= 0.6 is 0 Å². The molecule has 1 unspecified atom stereocenters. The van der Waals surface area contributed by atoms with Crippen molar-refractivity contribution in [2.75, 3.05) is 26.8 Å². The van der Waals surface area contributed by atoms with Gasteiger partial charge in [0.15, 0.2) is 0 Å². The summed E-state index contributed by atoms with van der Waals surface area (Å²) in [6, 6.07) is 2.75. The van der Waals surface area contributed by atoms with Crippen LogP contribution < -0.4 is 0 Å². The van der Waals surface area contributed by atoms with Gasteiger partial charge in [0.25, 0.3) is 5.91 Å². The molecule has 1 aromatic rings. The van der Waals surface area contributed by atoms with E-state index in [1.807, 2.05) is 0 Å². The number of carbonyl (C=O) groups excluding carboxylic acids is 1. The normalized spacial score (nSPS) is 19.1. The largest absolute Gasteiger partial charge is 0.419 e. The van der Waals surface area contributed by atoms with Crippen molar-refractivity contribution in [1.29, 1.82) is 0 Å². The number of amides is 1. The standard InChI is InChI=1S/C14H15F4NO2/c1-21-8-9-5-6-19(7-9)13(20)10-3-2-4-11(12(10)15)14(16,17)18/h2-4,9H,5-8H2,1H3. The van der Waals surface area contributed by atoms with Gasteiger partial charge in [-0.05, 0) is 18.6 Å². The van der Waals surface area contributed by atoms with E-state index >= 15 is 0 Å². The minimum absolute atomic E-state index is 0.132. The highest BCUT2D eigenvalue weighted by Crippen LogP contribution is 2.33. The first-order valence-corrected chi connectivity index (χ1v) is 6.48. The zero-order valence-corrected chi connectivity index (χ0v) is 11.4. The summed E-state index contributed by atoms with van der Waals surface area (Å²) in [5.74, 6) is -2.09. The van der Waals surface area contributed by atoms with Gasteiger partial charge in [-0.25, -0.2) is 4.39 Å². The van der Waals surface area contributed by atoms with Gasteiger partial charge < -0.3 is 9.64 Å². The lowest BCUT2D eigenvalue weighted by Crippen LogP contribution is -2.30. The average Bonchev–Trinajstić information content (AvgIpc) is 2.86. The first kappa shape index (κ1) is 15.8. The molecule has 0 aromatic heterocycles. The number of likely N-dealkylation sites (tertiary alicyclic amines) is 1. The maximum atomic E-state index is 13.9. The SMILES string of the molecule is COCC1CCN(C(=O)c2cccc(C(F)(F)F)c2F)C1. The van der Waals surface area contributed by atoms with Crippen molar-refractivity contribution in [3.05, 3.63) is 35.1 Å². The number of nitrogens with zero attached hydrogens (tertiary/aromatic N) is 1. The minimum Gasteiger partial charge on any atom is -0.384 e. The third kappa shape index (κ3) is 3.34. The van der Waals surface area contributed by atoms with Crippen LogP contribution in [0.25, 0.3) is 0 Å². The van der Waals surface area contributed by atoms with Gasteiger partial charge in [0, 0.05) is 26.1 Å². The van der Waals surface area contributed by atoms with E-state index in [-0.39, 0.29) is 5.92 Å². The van der Waals surface area contributed by atoms with Crippen molar-refractivity contribution in [2.24, 2.45) is 5.92 Å². The molecule has 0 radical (unpaired) electrons. The number of hydrogen-bond acceptors (Lipinski definition) is 2. The van der Waals surface area contributed by atoms with Gasteiger partial charge in [-0.2, -0.15) is 13.2 Å². The van der Waals surface area contributed by atoms with E-state index in [9.17, 15) is 22.4 Å². The lowest BCUT2D eigenvalue weighted by Gasteiger charge is -2.18. The third-order valence-electron chi connectivity index (χ3n) is 3.51. The molecule has 0 spiro atoms. The van der Waals surface area contributed by atoms with Crippen LogP contribution in [0.1, 0.15) is 22.3 Å². The highest BCUT2D eigenvalue weighted by atomic mass is 19.4. The molecular formula is C14H15F4NO2. The van der Waals surface area contributed by atoms with E-state index in [1.54, 1.807) is 0 Å². The van der Waals surface area contributed by atoms with Crippen LogP contribution in [-0.4, -0.2) is 37.6 Å². The number of benzene rings is 1. The Hall–Kier alpha value is -1.63. The topological polar surface area (TPSA) is 29.5 Å². The van der Waals surface area contributed by atoms with Crippen LogP contribution in [-0.2, 0) is 10.9 Å². The van der Waals surface area contributed by atoms with Gasteiger partial charge in [0.05, 0.1) is 17.7 Å². The van der Waals surface area contributed by atoms with Crippen LogP contribution in [0.5, 0.6) is 0 Å². The lowest BCUT2D eigenvalue weighted by atomic mass is 10.1. The molecule has 1 heterocycles. The molecule has 0 bridgehead atoms. The monoisotopic (exact) mass is 305 g/mol. The molecule has 0 N–H and O–H groups in total. The Balaban J connectivity index is 2.21. The number of rotatable bonds is 3. The van der Waals surface area contributed by atoms with Gasteiger partial charge in [-0.15, -0.1) is 0 Å². The zero-order valence-electron chi connectivity index (χ0n) is 11.4. The maximum absolute atomic E-state index is 13.9. The van der Waals surface area contributed by atoms with Crippen molar-refractivity contribution in [3.8, 4) is 0 Å². The highest BCUT2D eigenvalue weighted by Gasteiger charge is 2.37. The maximum Gasteiger partial charge on any atom is 0.419 e. The second-order valence-electron chi connectivity index (χ2n) is 5.03. The lowest BCUT2D eigenvalue weighted by molar-refractivity contribution is -0.140. The number of ether oxygens (including phenoxy) is 1. The van der Waals surface area contributed by atoms with E-state index in [2.05, 4.69) is 0 Å². The van der Waals surface area contributed by atoms with Crippen molar-refractivity contribution < 1.29 is 27.1 Å². The minimum atomic E-state index is -4.82. The van der Waals surface area contributed by atoms with Crippen LogP contribution in [0.2, 0.25) is 0 Å². The number of alkyl halides is 3. The van der Waals surface area contributed by atoms with E-state index in [4.69, 9.17) is 4.74 Å². The molecule has 1 aliphatic rings. The fourth-order valence-electron chi connectivity index (χ4n) is 2.48. The molecule has 0 aliphatic carbocycles. The third-order valence-corrected chi connectivity index (χ3v) is 3.51. The van der Waals surface area contributed by atoms with Gasteiger partial charge in [0.2, 0.25) is 0 Å².